The number of hydrogen-bond donors (Lipinski definition) is 1. The standard InChI is InChI=1S/C10H8O3/c11-9-7-4-2-1-3-6(7)5-8(9)10(12)13/h1-4,8H,5H2,(H,12,13). The maximum atomic E-state index is 11.5. The first-order valence-electron chi connectivity index (χ1n) is 4.05. The predicted octanol–water partition coefficient (Wildman–Crippen LogP) is 1.13. The van der Waals surface area contributed by atoms with E-state index in [1.165, 1.54) is 0 Å². The minimum Gasteiger partial charge on any atom is -0.481 e. The van der Waals surface area contributed by atoms with Crippen LogP contribution in [0.5, 0.6) is 0 Å². The van der Waals surface area contributed by atoms with Gasteiger partial charge in [-0.15, -0.1) is 0 Å². The highest BCUT2D eigenvalue weighted by atomic mass is 16.4. The summed E-state index contributed by atoms with van der Waals surface area (Å²) in [5.41, 5.74) is 1.41. The molecule has 1 aromatic rings. The van der Waals surface area contributed by atoms with Crippen LogP contribution >= 0.6 is 0 Å². The molecular formula is C10H8O3. The fraction of sp³-hybridized carbons (Fsp3) is 0.200. The van der Waals surface area contributed by atoms with Gasteiger partial charge in [-0.25, -0.2) is 0 Å². The van der Waals surface area contributed by atoms with Crippen molar-refractivity contribution in [3.63, 3.8) is 0 Å². The lowest BCUT2D eigenvalue weighted by molar-refractivity contribution is -0.139. The second-order valence-electron chi connectivity index (χ2n) is 3.12. The van der Waals surface area contributed by atoms with Crippen molar-refractivity contribution >= 4 is 11.8 Å². The Hall–Kier alpha value is -1.64. The van der Waals surface area contributed by atoms with Gasteiger partial charge >= 0.3 is 5.97 Å². The largest absolute Gasteiger partial charge is 0.481 e. The van der Waals surface area contributed by atoms with Crippen LogP contribution in [0.2, 0.25) is 0 Å². The van der Waals surface area contributed by atoms with E-state index >= 15 is 0 Å². The Labute approximate surface area is 75.0 Å². The first-order valence-corrected chi connectivity index (χ1v) is 4.05. The second kappa shape index (κ2) is 2.69. The maximum Gasteiger partial charge on any atom is 0.314 e. The van der Waals surface area contributed by atoms with Gasteiger partial charge in [0.2, 0.25) is 0 Å². The molecule has 1 N–H and O–H groups in total. The molecule has 0 amide bonds. The summed E-state index contributed by atoms with van der Waals surface area (Å²) in [7, 11) is 0. The van der Waals surface area contributed by atoms with Crippen molar-refractivity contribution in [1.82, 2.24) is 0 Å². The highest BCUT2D eigenvalue weighted by molar-refractivity contribution is 6.11. The van der Waals surface area contributed by atoms with Crippen molar-refractivity contribution in [2.75, 3.05) is 0 Å². The average Bonchev–Trinajstić information content (AvgIpc) is 2.45. The highest BCUT2D eigenvalue weighted by Crippen LogP contribution is 2.26. The summed E-state index contributed by atoms with van der Waals surface area (Å²) < 4.78 is 0. The first-order chi connectivity index (χ1) is 6.20. The minimum absolute atomic E-state index is 0.261. The molecule has 0 bridgehead atoms. The molecule has 1 aliphatic rings. The van der Waals surface area contributed by atoms with Crippen molar-refractivity contribution in [3.8, 4) is 0 Å². The van der Waals surface area contributed by atoms with E-state index < -0.39 is 11.9 Å². The Kier molecular flexibility index (Phi) is 1.65. The molecule has 0 aliphatic heterocycles. The Morgan fingerprint density at radius 3 is 2.69 bits per heavy atom. The lowest BCUT2D eigenvalue weighted by Gasteiger charge is -1.97. The molecule has 0 fully saturated rings. The van der Waals surface area contributed by atoms with Gasteiger partial charge in [0.1, 0.15) is 5.92 Å². The molecule has 0 saturated carbocycles. The van der Waals surface area contributed by atoms with Crippen LogP contribution in [0.1, 0.15) is 15.9 Å². The van der Waals surface area contributed by atoms with Gasteiger partial charge in [0.25, 0.3) is 0 Å². The fourth-order valence-corrected chi connectivity index (χ4v) is 1.64. The Morgan fingerprint density at radius 2 is 2.08 bits per heavy atom. The Balaban J connectivity index is 2.44. The molecule has 0 radical (unpaired) electrons. The van der Waals surface area contributed by atoms with E-state index in [2.05, 4.69) is 0 Å². The minimum atomic E-state index is -1.03. The quantitative estimate of drug-likeness (QED) is 0.652. The molecule has 0 aromatic heterocycles. The van der Waals surface area contributed by atoms with Crippen LogP contribution in [-0.4, -0.2) is 16.9 Å². The average molecular weight is 176 g/mol. The molecule has 1 aromatic carbocycles. The zero-order chi connectivity index (χ0) is 9.42. The van der Waals surface area contributed by atoms with E-state index in [0.717, 1.165) is 5.56 Å². The monoisotopic (exact) mass is 176 g/mol. The van der Waals surface area contributed by atoms with Crippen LogP contribution in [0.3, 0.4) is 0 Å². The third-order valence-electron chi connectivity index (χ3n) is 2.32. The first kappa shape index (κ1) is 7.98. The van der Waals surface area contributed by atoms with Gasteiger partial charge in [-0.1, -0.05) is 24.3 Å². The third-order valence-corrected chi connectivity index (χ3v) is 2.32. The lowest BCUT2D eigenvalue weighted by Crippen LogP contribution is -2.19. The zero-order valence-electron chi connectivity index (χ0n) is 6.86. The molecule has 1 atom stereocenters. The summed E-state index contributed by atoms with van der Waals surface area (Å²) in [6.45, 7) is 0. The van der Waals surface area contributed by atoms with E-state index in [9.17, 15) is 9.59 Å². The molecule has 0 saturated heterocycles. The van der Waals surface area contributed by atoms with Crippen molar-refractivity contribution in [2.45, 2.75) is 6.42 Å². The summed E-state index contributed by atoms with van der Waals surface area (Å²) >= 11 is 0. The normalized spacial score (nSPS) is 20.0. The van der Waals surface area contributed by atoms with Crippen LogP contribution in [0, 0.1) is 5.92 Å². The number of carboxylic acids is 1. The van der Waals surface area contributed by atoms with Crippen molar-refractivity contribution in [1.29, 1.82) is 0 Å². The predicted molar refractivity (Wildman–Crippen MR) is 45.6 cm³/mol. The third kappa shape index (κ3) is 1.13. The molecule has 3 nitrogen and oxygen atoms in total. The van der Waals surface area contributed by atoms with Crippen LogP contribution in [0.15, 0.2) is 24.3 Å². The molecule has 3 heteroatoms. The summed E-state index contributed by atoms with van der Waals surface area (Å²) in [4.78, 5) is 22.1. The van der Waals surface area contributed by atoms with E-state index in [1.807, 2.05) is 6.07 Å². The van der Waals surface area contributed by atoms with Gasteiger partial charge in [0.05, 0.1) is 0 Å². The molecule has 1 aliphatic carbocycles. The van der Waals surface area contributed by atoms with Crippen molar-refractivity contribution in [3.05, 3.63) is 35.4 Å². The van der Waals surface area contributed by atoms with E-state index in [1.54, 1.807) is 18.2 Å². The number of rotatable bonds is 1. The topological polar surface area (TPSA) is 54.4 Å². The lowest BCUT2D eigenvalue weighted by atomic mass is 10.1. The van der Waals surface area contributed by atoms with Gasteiger partial charge in [-0.05, 0) is 12.0 Å². The second-order valence-corrected chi connectivity index (χ2v) is 3.12. The van der Waals surface area contributed by atoms with E-state index in [4.69, 9.17) is 5.11 Å². The molecule has 13 heavy (non-hydrogen) atoms. The highest BCUT2D eigenvalue weighted by Gasteiger charge is 2.35. The van der Waals surface area contributed by atoms with Crippen LogP contribution in [-0.2, 0) is 11.2 Å². The Morgan fingerprint density at radius 1 is 1.38 bits per heavy atom. The number of Topliss-reactive ketones (excluding diaryl/α,β-unsaturated/α-hetero) is 1. The van der Waals surface area contributed by atoms with Crippen LogP contribution < -0.4 is 0 Å². The molecular weight excluding hydrogens is 168 g/mol. The van der Waals surface area contributed by atoms with E-state index in [-0.39, 0.29) is 5.78 Å². The molecule has 1 unspecified atom stereocenters. The summed E-state index contributed by atoms with van der Waals surface area (Å²) in [5.74, 6) is -2.15. The van der Waals surface area contributed by atoms with Gasteiger partial charge in [0, 0.05) is 5.56 Å². The Bertz CT molecular complexity index is 382. The van der Waals surface area contributed by atoms with Gasteiger partial charge < -0.3 is 5.11 Å². The molecule has 66 valence electrons. The smallest absolute Gasteiger partial charge is 0.314 e. The summed E-state index contributed by atoms with van der Waals surface area (Å²) in [5, 5.41) is 8.73. The molecule has 2 rings (SSSR count). The van der Waals surface area contributed by atoms with Crippen LogP contribution in [0.4, 0.5) is 0 Å². The number of carbonyl (C=O) groups excluding carboxylic acids is 1. The van der Waals surface area contributed by atoms with Gasteiger partial charge in [-0.3, -0.25) is 9.59 Å². The van der Waals surface area contributed by atoms with Crippen LogP contribution in [0.25, 0.3) is 0 Å². The summed E-state index contributed by atoms with van der Waals surface area (Å²) in [6, 6.07) is 7.05. The van der Waals surface area contributed by atoms with Gasteiger partial charge in [-0.2, -0.15) is 0 Å². The maximum absolute atomic E-state index is 11.5. The number of benzene rings is 1. The fourth-order valence-electron chi connectivity index (χ4n) is 1.64. The van der Waals surface area contributed by atoms with Crippen molar-refractivity contribution < 1.29 is 14.7 Å². The number of ketones is 1. The number of carboxylic acid groups (broad SMARTS) is 1. The number of hydrogen-bond acceptors (Lipinski definition) is 2. The number of carbonyl (C=O) groups is 2. The zero-order valence-corrected chi connectivity index (χ0v) is 6.86. The summed E-state index contributed by atoms with van der Waals surface area (Å²) in [6.07, 6.45) is 0.338. The molecule has 0 spiro atoms. The van der Waals surface area contributed by atoms with Gasteiger partial charge in [0.15, 0.2) is 5.78 Å². The van der Waals surface area contributed by atoms with Crippen molar-refractivity contribution in [2.24, 2.45) is 5.92 Å². The molecule has 0 heterocycles. The SMILES string of the molecule is O=C(O)C1Cc2ccccc2C1=O. The van der Waals surface area contributed by atoms with E-state index in [0.29, 0.717) is 12.0 Å². The number of aliphatic carboxylic acids is 1. The number of fused-ring (bicyclic) bond motifs is 1.